The van der Waals surface area contributed by atoms with Crippen molar-refractivity contribution in [2.24, 2.45) is 0 Å². The van der Waals surface area contributed by atoms with E-state index in [-0.39, 0.29) is 13.2 Å². The molecule has 0 spiro atoms. The molecule has 20 heavy (non-hydrogen) atoms. The predicted octanol–water partition coefficient (Wildman–Crippen LogP) is 2.03. The van der Waals surface area contributed by atoms with Crippen LogP contribution in [0.5, 0.6) is 5.75 Å². The smallest absolute Gasteiger partial charge is 0.323 e. The zero-order valence-corrected chi connectivity index (χ0v) is 12.6. The van der Waals surface area contributed by atoms with Crippen LogP contribution < -0.4 is 4.74 Å². The van der Waals surface area contributed by atoms with Gasteiger partial charge < -0.3 is 14.7 Å². The van der Waals surface area contributed by atoms with Crippen molar-refractivity contribution in [3.63, 3.8) is 0 Å². The number of amides is 1. The number of carboxylic acid groups (broad SMARTS) is 1. The van der Waals surface area contributed by atoms with Crippen molar-refractivity contribution in [2.75, 3.05) is 19.7 Å². The fourth-order valence-electron chi connectivity index (χ4n) is 1.33. The molecule has 5 nitrogen and oxygen atoms in total. The molecule has 0 aliphatic carbocycles. The molecule has 0 atom stereocenters. The molecule has 0 fully saturated rings. The molecule has 0 aliphatic rings. The van der Waals surface area contributed by atoms with Crippen molar-refractivity contribution in [3.05, 3.63) is 27.7 Å². The molecule has 1 rings (SSSR count). The van der Waals surface area contributed by atoms with Crippen LogP contribution in [0.2, 0.25) is 5.02 Å². The molecule has 1 amide bonds. The highest BCUT2D eigenvalue weighted by atomic mass is 79.9. The van der Waals surface area contributed by atoms with E-state index >= 15 is 0 Å². The van der Waals surface area contributed by atoms with E-state index in [1.54, 1.807) is 18.2 Å². The van der Waals surface area contributed by atoms with Crippen molar-refractivity contribution in [1.29, 1.82) is 0 Å². The average Bonchev–Trinajstić information content (AvgIpc) is 2.36. The molecule has 0 radical (unpaired) electrons. The first-order valence-corrected chi connectivity index (χ1v) is 6.62. The van der Waals surface area contributed by atoms with Crippen LogP contribution in [-0.4, -0.2) is 41.6 Å². The van der Waals surface area contributed by atoms with Crippen LogP contribution in [0.1, 0.15) is 0 Å². The Morgan fingerprint density at radius 2 is 2.20 bits per heavy atom. The molecule has 0 saturated heterocycles. The Labute approximate surface area is 129 Å². The second-order valence-corrected chi connectivity index (χ2v) is 5.00. The lowest BCUT2D eigenvalue weighted by Crippen LogP contribution is -2.39. The van der Waals surface area contributed by atoms with Crippen molar-refractivity contribution in [1.82, 2.24) is 4.90 Å². The van der Waals surface area contributed by atoms with E-state index in [0.717, 1.165) is 4.90 Å². The number of terminal acetylenes is 1. The highest BCUT2D eigenvalue weighted by Crippen LogP contribution is 2.27. The maximum atomic E-state index is 11.8. The largest absolute Gasteiger partial charge is 0.483 e. The maximum absolute atomic E-state index is 11.8. The molecule has 0 saturated carbocycles. The number of carbonyl (C=O) groups is 2. The van der Waals surface area contributed by atoms with Gasteiger partial charge in [-0.1, -0.05) is 17.5 Å². The molecule has 0 aromatic heterocycles. The van der Waals surface area contributed by atoms with Gasteiger partial charge in [0.1, 0.15) is 12.3 Å². The van der Waals surface area contributed by atoms with Gasteiger partial charge in [-0.2, -0.15) is 0 Å². The van der Waals surface area contributed by atoms with Gasteiger partial charge >= 0.3 is 5.97 Å². The summed E-state index contributed by atoms with van der Waals surface area (Å²) in [5.74, 6) is 1.02. The van der Waals surface area contributed by atoms with Gasteiger partial charge in [-0.3, -0.25) is 9.59 Å². The Bertz CT molecular complexity index is 556. The van der Waals surface area contributed by atoms with E-state index < -0.39 is 18.4 Å². The zero-order valence-electron chi connectivity index (χ0n) is 10.3. The highest BCUT2D eigenvalue weighted by molar-refractivity contribution is 9.10. The fourth-order valence-corrected chi connectivity index (χ4v) is 2.13. The monoisotopic (exact) mass is 359 g/mol. The van der Waals surface area contributed by atoms with Crippen LogP contribution in [0.15, 0.2) is 22.7 Å². The summed E-state index contributed by atoms with van der Waals surface area (Å²) in [4.78, 5) is 23.5. The number of carboxylic acids is 1. The van der Waals surface area contributed by atoms with Gasteiger partial charge in [0.15, 0.2) is 6.61 Å². The minimum atomic E-state index is -1.14. The number of rotatable bonds is 6. The van der Waals surface area contributed by atoms with Crippen LogP contribution in [-0.2, 0) is 9.59 Å². The SMILES string of the molecule is C#CCN(CC(=O)O)C(=O)COc1ccc(Cl)cc1Br. The third-order valence-corrected chi connectivity index (χ3v) is 3.06. The van der Waals surface area contributed by atoms with Crippen LogP contribution in [0, 0.1) is 12.3 Å². The number of hydrogen-bond donors (Lipinski definition) is 1. The number of hydrogen-bond acceptors (Lipinski definition) is 3. The summed E-state index contributed by atoms with van der Waals surface area (Å²) >= 11 is 9.02. The number of carbonyl (C=O) groups excluding carboxylic acids is 1. The van der Waals surface area contributed by atoms with Crippen LogP contribution in [0.4, 0.5) is 0 Å². The molecule has 1 aromatic rings. The fraction of sp³-hybridized carbons (Fsp3) is 0.231. The molecule has 106 valence electrons. The Balaban J connectivity index is 2.64. The zero-order chi connectivity index (χ0) is 15.1. The first kappa shape index (κ1) is 16.3. The van der Waals surface area contributed by atoms with E-state index in [1.165, 1.54) is 0 Å². The Morgan fingerprint density at radius 1 is 1.50 bits per heavy atom. The van der Waals surface area contributed by atoms with E-state index in [0.29, 0.717) is 15.2 Å². The quantitative estimate of drug-likeness (QED) is 0.788. The van der Waals surface area contributed by atoms with Crippen molar-refractivity contribution >= 4 is 39.4 Å². The summed E-state index contributed by atoms with van der Waals surface area (Å²) in [5.41, 5.74) is 0. The molecule has 1 aromatic carbocycles. The van der Waals surface area contributed by atoms with Gasteiger partial charge in [0.2, 0.25) is 0 Å². The highest BCUT2D eigenvalue weighted by Gasteiger charge is 2.16. The summed E-state index contributed by atoms with van der Waals surface area (Å²) in [6, 6.07) is 4.84. The van der Waals surface area contributed by atoms with Crippen LogP contribution in [0.3, 0.4) is 0 Å². The third-order valence-electron chi connectivity index (χ3n) is 2.21. The molecule has 1 N–H and O–H groups in total. The van der Waals surface area contributed by atoms with E-state index in [2.05, 4.69) is 21.9 Å². The summed E-state index contributed by atoms with van der Waals surface area (Å²) in [5, 5.41) is 9.22. The third kappa shape index (κ3) is 5.11. The predicted molar refractivity (Wildman–Crippen MR) is 77.7 cm³/mol. The second kappa shape index (κ2) is 7.78. The molecule has 0 aliphatic heterocycles. The van der Waals surface area contributed by atoms with Crippen molar-refractivity contribution < 1.29 is 19.4 Å². The first-order valence-electron chi connectivity index (χ1n) is 5.45. The van der Waals surface area contributed by atoms with Gasteiger partial charge in [-0.15, -0.1) is 6.42 Å². The summed E-state index contributed by atoms with van der Waals surface area (Å²) in [6.45, 7) is -0.861. The summed E-state index contributed by atoms with van der Waals surface area (Å²) < 4.78 is 5.90. The van der Waals surface area contributed by atoms with Gasteiger partial charge in [-0.05, 0) is 34.1 Å². The lowest BCUT2D eigenvalue weighted by Gasteiger charge is -2.18. The van der Waals surface area contributed by atoms with Crippen molar-refractivity contribution in [3.8, 4) is 18.1 Å². The molecular formula is C13H11BrClNO4. The van der Waals surface area contributed by atoms with Crippen molar-refractivity contribution in [2.45, 2.75) is 0 Å². The lowest BCUT2D eigenvalue weighted by atomic mass is 10.3. The van der Waals surface area contributed by atoms with Crippen LogP contribution in [0.25, 0.3) is 0 Å². The Hall–Kier alpha value is -1.71. The first-order chi connectivity index (χ1) is 9.43. The number of benzene rings is 1. The molecule has 0 heterocycles. The van der Waals surface area contributed by atoms with E-state index in [1.807, 2.05) is 0 Å². The number of ether oxygens (including phenoxy) is 1. The summed E-state index contributed by atoms with van der Waals surface area (Å²) in [6.07, 6.45) is 5.09. The topological polar surface area (TPSA) is 66.8 Å². The molecule has 0 bridgehead atoms. The summed E-state index contributed by atoms with van der Waals surface area (Å²) in [7, 11) is 0. The minimum Gasteiger partial charge on any atom is -0.483 e. The normalized spacial score (nSPS) is 9.65. The number of aliphatic carboxylic acids is 1. The lowest BCUT2D eigenvalue weighted by molar-refractivity contribution is -0.144. The minimum absolute atomic E-state index is 0.0870. The number of halogens is 2. The average molecular weight is 361 g/mol. The van der Waals surface area contributed by atoms with Gasteiger partial charge in [-0.25, -0.2) is 0 Å². The van der Waals surface area contributed by atoms with Crippen LogP contribution >= 0.6 is 27.5 Å². The van der Waals surface area contributed by atoms with E-state index in [9.17, 15) is 9.59 Å². The van der Waals surface area contributed by atoms with Gasteiger partial charge in [0, 0.05) is 5.02 Å². The molecule has 7 heteroatoms. The molecule has 0 unspecified atom stereocenters. The van der Waals surface area contributed by atoms with Gasteiger partial charge in [0.25, 0.3) is 5.91 Å². The molecular weight excluding hydrogens is 350 g/mol. The number of nitrogens with zero attached hydrogens (tertiary/aromatic N) is 1. The van der Waals surface area contributed by atoms with Gasteiger partial charge in [0.05, 0.1) is 11.0 Å². The standard InChI is InChI=1S/C13H11BrClNO4/c1-2-5-16(7-13(18)19)12(17)8-20-11-4-3-9(15)6-10(11)14/h1,3-4,6H,5,7-8H2,(H,18,19). The Kier molecular flexibility index (Phi) is 6.36. The maximum Gasteiger partial charge on any atom is 0.323 e. The Morgan fingerprint density at radius 3 is 2.75 bits per heavy atom. The van der Waals surface area contributed by atoms with E-state index in [4.69, 9.17) is 27.9 Å². The second-order valence-electron chi connectivity index (χ2n) is 3.71.